The number of halogens is 2. The number of rotatable bonds is 4. The van der Waals surface area contributed by atoms with Crippen LogP contribution in [0.2, 0.25) is 0 Å². The second-order valence-electron chi connectivity index (χ2n) is 6.17. The fourth-order valence-electron chi connectivity index (χ4n) is 2.84. The Bertz CT molecular complexity index is 773. The van der Waals surface area contributed by atoms with Crippen LogP contribution in [0.4, 0.5) is 14.6 Å². The van der Waals surface area contributed by atoms with E-state index in [9.17, 15) is 13.6 Å². The number of aromatic nitrogens is 1. The summed E-state index contributed by atoms with van der Waals surface area (Å²) < 4.78 is 31.4. The van der Waals surface area contributed by atoms with Crippen molar-refractivity contribution in [3.8, 4) is 11.5 Å². The molecule has 1 amide bonds. The van der Waals surface area contributed by atoms with Crippen LogP contribution < -0.4 is 10.1 Å². The lowest BCUT2D eigenvalue weighted by Crippen LogP contribution is -2.15. The van der Waals surface area contributed by atoms with Crippen molar-refractivity contribution in [3.63, 3.8) is 0 Å². The maximum atomic E-state index is 13.1. The van der Waals surface area contributed by atoms with Crippen LogP contribution >= 0.6 is 0 Å². The van der Waals surface area contributed by atoms with Crippen LogP contribution in [0.3, 0.4) is 0 Å². The molecule has 1 spiro atoms. The van der Waals surface area contributed by atoms with Crippen LogP contribution in [-0.4, -0.2) is 10.9 Å². The Kier molecular flexibility index (Phi) is 3.07. The van der Waals surface area contributed by atoms with Gasteiger partial charge in [0.1, 0.15) is 17.3 Å². The summed E-state index contributed by atoms with van der Waals surface area (Å²) in [5, 5.41) is 2.79. The number of ether oxygens (including phenoxy) is 1. The Morgan fingerprint density at radius 1 is 1.17 bits per heavy atom. The number of pyridine rings is 1. The fourth-order valence-corrected chi connectivity index (χ4v) is 2.84. The average molecular weight is 316 g/mol. The zero-order valence-corrected chi connectivity index (χ0v) is 12.2. The number of hydrogen-bond donors (Lipinski definition) is 1. The van der Waals surface area contributed by atoms with Crippen LogP contribution in [0.15, 0.2) is 36.5 Å². The van der Waals surface area contributed by atoms with Gasteiger partial charge < -0.3 is 10.1 Å². The summed E-state index contributed by atoms with van der Waals surface area (Å²) >= 11 is 0. The number of benzene rings is 1. The molecule has 2 fully saturated rings. The molecule has 2 aliphatic carbocycles. The minimum Gasteiger partial charge on any atom is -0.456 e. The van der Waals surface area contributed by atoms with Crippen LogP contribution in [0, 0.1) is 23.0 Å². The highest BCUT2D eigenvalue weighted by Crippen LogP contribution is 2.70. The van der Waals surface area contributed by atoms with E-state index in [1.807, 2.05) is 0 Å². The molecule has 118 valence electrons. The number of nitrogens with zero attached hydrogens (tertiary/aromatic N) is 1. The van der Waals surface area contributed by atoms with Gasteiger partial charge in [-0.1, -0.05) is 0 Å². The third-order valence-electron chi connectivity index (χ3n) is 4.51. The van der Waals surface area contributed by atoms with Crippen molar-refractivity contribution < 1.29 is 18.3 Å². The largest absolute Gasteiger partial charge is 0.456 e. The number of carbonyl (C=O) groups excluding carboxylic acids is 1. The van der Waals surface area contributed by atoms with Gasteiger partial charge in [0.15, 0.2) is 11.6 Å². The molecule has 1 aromatic carbocycles. The van der Waals surface area contributed by atoms with Crippen LogP contribution in [0.25, 0.3) is 0 Å². The van der Waals surface area contributed by atoms with Gasteiger partial charge in [0, 0.05) is 12.0 Å². The molecule has 0 bridgehead atoms. The number of nitrogens with one attached hydrogen (secondary N) is 1. The smallest absolute Gasteiger partial charge is 0.229 e. The molecule has 0 saturated heterocycles. The van der Waals surface area contributed by atoms with E-state index in [1.165, 1.54) is 12.3 Å². The third kappa shape index (κ3) is 2.76. The average Bonchev–Trinajstić information content (AvgIpc) is 3.45. The second-order valence-corrected chi connectivity index (χ2v) is 6.17. The molecule has 1 N–H and O–H groups in total. The van der Waals surface area contributed by atoms with Gasteiger partial charge in [-0.3, -0.25) is 4.79 Å². The highest BCUT2D eigenvalue weighted by atomic mass is 19.2. The quantitative estimate of drug-likeness (QED) is 0.931. The van der Waals surface area contributed by atoms with Gasteiger partial charge >= 0.3 is 0 Å². The Balaban J connectivity index is 1.39. The van der Waals surface area contributed by atoms with Crippen molar-refractivity contribution in [2.75, 3.05) is 5.32 Å². The van der Waals surface area contributed by atoms with E-state index in [2.05, 4.69) is 10.3 Å². The summed E-state index contributed by atoms with van der Waals surface area (Å²) in [6.45, 7) is 0. The van der Waals surface area contributed by atoms with Gasteiger partial charge in [0.25, 0.3) is 0 Å². The lowest BCUT2D eigenvalue weighted by atomic mass is 10.3. The lowest BCUT2D eigenvalue weighted by molar-refractivity contribution is -0.117. The fraction of sp³-hybridized carbons (Fsp3) is 0.294. The van der Waals surface area contributed by atoms with E-state index in [4.69, 9.17) is 4.74 Å². The molecule has 4 rings (SSSR count). The standard InChI is InChI=1S/C17H14F2N2O2/c18-13-3-1-10(7-14(13)19)23-11-2-4-15(20-9-11)21-16(22)12-8-17(12)5-6-17/h1-4,7,9,12H,5-6,8H2,(H,20,21,22). The molecular weight excluding hydrogens is 302 g/mol. The van der Waals surface area contributed by atoms with E-state index >= 15 is 0 Å². The van der Waals surface area contributed by atoms with Crippen molar-refractivity contribution in [2.45, 2.75) is 19.3 Å². The second kappa shape index (κ2) is 5.01. The highest BCUT2D eigenvalue weighted by molar-refractivity contribution is 5.94. The molecule has 2 saturated carbocycles. The van der Waals surface area contributed by atoms with Gasteiger partial charge in [-0.15, -0.1) is 0 Å². The minimum absolute atomic E-state index is 0.0178. The highest BCUT2D eigenvalue weighted by Gasteiger charge is 2.65. The lowest BCUT2D eigenvalue weighted by Gasteiger charge is -2.07. The zero-order chi connectivity index (χ0) is 16.0. The first kappa shape index (κ1) is 14.1. The molecule has 1 unspecified atom stereocenters. The molecule has 4 nitrogen and oxygen atoms in total. The number of carbonyl (C=O) groups is 1. The summed E-state index contributed by atoms with van der Waals surface area (Å²) in [6, 6.07) is 6.53. The summed E-state index contributed by atoms with van der Waals surface area (Å²) in [5.74, 6) is -0.753. The normalized spacial score (nSPS) is 20.2. The first-order valence-electron chi connectivity index (χ1n) is 7.46. The van der Waals surface area contributed by atoms with Gasteiger partial charge in [-0.2, -0.15) is 0 Å². The zero-order valence-electron chi connectivity index (χ0n) is 12.2. The van der Waals surface area contributed by atoms with E-state index in [-0.39, 0.29) is 17.6 Å². The summed E-state index contributed by atoms with van der Waals surface area (Å²) in [7, 11) is 0. The van der Waals surface area contributed by atoms with E-state index in [0.29, 0.717) is 17.0 Å². The number of hydrogen-bond acceptors (Lipinski definition) is 3. The number of amides is 1. The first-order chi connectivity index (χ1) is 11.1. The number of anilines is 1. The molecule has 23 heavy (non-hydrogen) atoms. The topological polar surface area (TPSA) is 51.2 Å². The molecule has 0 aliphatic heterocycles. The van der Waals surface area contributed by atoms with Crippen molar-refractivity contribution in [3.05, 3.63) is 48.2 Å². The van der Waals surface area contributed by atoms with Crippen molar-refractivity contribution in [1.82, 2.24) is 4.98 Å². The Hall–Kier alpha value is -2.50. The summed E-state index contributed by atoms with van der Waals surface area (Å²) in [5.41, 5.74) is 0.305. The monoisotopic (exact) mass is 316 g/mol. The van der Waals surface area contributed by atoms with Crippen molar-refractivity contribution in [2.24, 2.45) is 11.3 Å². The van der Waals surface area contributed by atoms with E-state index in [1.54, 1.807) is 12.1 Å². The Labute approximate surface area is 131 Å². The predicted octanol–water partition coefficient (Wildman–Crippen LogP) is 3.89. The van der Waals surface area contributed by atoms with Gasteiger partial charge in [0.2, 0.25) is 5.91 Å². The van der Waals surface area contributed by atoms with Crippen molar-refractivity contribution >= 4 is 11.7 Å². The van der Waals surface area contributed by atoms with E-state index in [0.717, 1.165) is 31.4 Å². The Morgan fingerprint density at radius 3 is 2.57 bits per heavy atom. The predicted molar refractivity (Wildman–Crippen MR) is 79.1 cm³/mol. The molecule has 2 aromatic rings. The summed E-state index contributed by atoms with van der Waals surface area (Å²) in [4.78, 5) is 16.1. The minimum atomic E-state index is -0.974. The van der Waals surface area contributed by atoms with Gasteiger partial charge in [0.05, 0.1) is 6.20 Å². The SMILES string of the molecule is O=C(Nc1ccc(Oc2ccc(F)c(F)c2)cn1)C1CC12CC2. The molecule has 6 heteroatoms. The van der Waals surface area contributed by atoms with Crippen LogP contribution in [-0.2, 0) is 4.79 Å². The van der Waals surface area contributed by atoms with Crippen molar-refractivity contribution in [1.29, 1.82) is 0 Å². The van der Waals surface area contributed by atoms with Crippen LogP contribution in [0.5, 0.6) is 11.5 Å². The van der Waals surface area contributed by atoms with Crippen LogP contribution in [0.1, 0.15) is 19.3 Å². The third-order valence-corrected chi connectivity index (χ3v) is 4.51. The van der Waals surface area contributed by atoms with Gasteiger partial charge in [-0.25, -0.2) is 13.8 Å². The first-order valence-corrected chi connectivity index (χ1v) is 7.46. The van der Waals surface area contributed by atoms with E-state index < -0.39 is 11.6 Å². The summed E-state index contributed by atoms with van der Waals surface area (Å²) in [6.07, 6.45) is 4.71. The molecule has 1 aromatic heterocycles. The molecular formula is C17H14F2N2O2. The Morgan fingerprint density at radius 2 is 1.96 bits per heavy atom. The molecule has 1 heterocycles. The van der Waals surface area contributed by atoms with Gasteiger partial charge in [-0.05, 0) is 48.9 Å². The maximum Gasteiger partial charge on any atom is 0.229 e. The molecule has 0 radical (unpaired) electrons. The molecule has 1 atom stereocenters. The maximum absolute atomic E-state index is 13.1. The molecule has 2 aliphatic rings.